The van der Waals surface area contributed by atoms with Crippen LogP contribution in [-0.2, 0) is 4.79 Å². The second-order valence-corrected chi connectivity index (χ2v) is 5.88. The standard InChI is InChI=1S/C19H18N4O2S/c1-25-16-9-7-14(8-10-16)17-12-15(11-13-5-3-2-4-6-13)18(24)22-23(17)19(26)21-20/h2-12H,20H2,1H3,(H,21,26)(H,22,24)/b15-11+. The Hall–Kier alpha value is -3.16. The first-order valence-electron chi connectivity index (χ1n) is 7.87. The molecule has 26 heavy (non-hydrogen) atoms. The summed E-state index contributed by atoms with van der Waals surface area (Å²) in [5.41, 5.74) is 8.14. The SMILES string of the molecule is COc1ccc(C2=C/C(=C\c3ccccc3)C(=O)NN2C(=S)NN)cc1. The van der Waals surface area contributed by atoms with Gasteiger partial charge in [0.25, 0.3) is 5.91 Å². The third-order valence-electron chi connectivity index (χ3n) is 3.84. The van der Waals surface area contributed by atoms with E-state index in [4.69, 9.17) is 22.8 Å². The summed E-state index contributed by atoms with van der Waals surface area (Å²) in [5.74, 6) is 5.91. The van der Waals surface area contributed by atoms with Crippen LogP contribution in [0.15, 0.2) is 66.2 Å². The number of methoxy groups -OCH3 is 1. The molecule has 1 heterocycles. The fourth-order valence-electron chi connectivity index (χ4n) is 2.54. The molecule has 0 bridgehead atoms. The quantitative estimate of drug-likeness (QED) is 0.335. The number of carbonyl (C=O) groups is 1. The molecule has 2 aromatic carbocycles. The Bertz CT molecular complexity index is 876. The Morgan fingerprint density at radius 2 is 1.88 bits per heavy atom. The number of thiocarbonyl (C=S) groups is 1. The molecule has 0 aliphatic carbocycles. The zero-order valence-electron chi connectivity index (χ0n) is 14.1. The van der Waals surface area contributed by atoms with Crippen molar-refractivity contribution in [1.29, 1.82) is 0 Å². The number of nitrogens with one attached hydrogen (secondary N) is 2. The fourth-order valence-corrected chi connectivity index (χ4v) is 2.68. The Kier molecular flexibility index (Phi) is 5.31. The van der Waals surface area contributed by atoms with Crippen molar-refractivity contribution in [3.05, 3.63) is 77.4 Å². The van der Waals surface area contributed by atoms with E-state index in [1.165, 1.54) is 5.01 Å². The summed E-state index contributed by atoms with van der Waals surface area (Å²) in [4.78, 5) is 12.5. The number of nitrogens with two attached hydrogens (primary N) is 1. The van der Waals surface area contributed by atoms with Crippen LogP contribution >= 0.6 is 12.2 Å². The van der Waals surface area contributed by atoms with Crippen molar-refractivity contribution in [2.45, 2.75) is 0 Å². The highest BCUT2D eigenvalue weighted by Gasteiger charge is 2.25. The number of amides is 1. The van der Waals surface area contributed by atoms with Crippen LogP contribution in [0.2, 0.25) is 0 Å². The maximum Gasteiger partial charge on any atom is 0.270 e. The number of benzene rings is 2. The average Bonchev–Trinajstić information content (AvgIpc) is 2.69. The Labute approximate surface area is 156 Å². The predicted molar refractivity (Wildman–Crippen MR) is 105 cm³/mol. The number of hydrogen-bond acceptors (Lipinski definition) is 4. The Morgan fingerprint density at radius 3 is 2.50 bits per heavy atom. The highest BCUT2D eigenvalue weighted by molar-refractivity contribution is 7.80. The first kappa shape index (κ1) is 17.7. The lowest BCUT2D eigenvalue weighted by atomic mass is 10.0. The normalized spacial score (nSPS) is 15.3. The number of hydrogen-bond donors (Lipinski definition) is 3. The molecule has 6 nitrogen and oxygen atoms in total. The largest absolute Gasteiger partial charge is 0.497 e. The van der Waals surface area contributed by atoms with Gasteiger partial charge < -0.3 is 4.74 Å². The van der Waals surface area contributed by atoms with Gasteiger partial charge in [-0.3, -0.25) is 15.6 Å². The van der Waals surface area contributed by atoms with E-state index in [1.54, 1.807) is 13.2 Å². The van der Waals surface area contributed by atoms with Crippen LogP contribution in [0.4, 0.5) is 0 Å². The number of ether oxygens (including phenoxy) is 1. The van der Waals surface area contributed by atoms with Crippen molar-refractivity contribution in [3.8, 4) is 5.75 Å². The van der Waals surface area contributed by atoms with Crippen LogP contribution in [-0.4, -0.2) is 23.1 Å². The molecule has 1 aliphatic heterocycles. The number of rotatable bonds is 3. The van der Waals surface area contributed by atoms with Crippen molar-refractivity contribution >= 4 is 35.0 Å². The molecule has 1 aliphatic rings. The minimum atomic E-state index is -0.274. The summed E-state index contributed by atoms with van der Waals surface area (Å²) >= 11 is 5.21. The van der Waals surface area contributed by atoms with Crippen molar-refractivity contribution < 1.29 is 9.53 Å². The molecule has 0 saturated carbocycles. The molecule has 0 unspecified atom stereocenters. The Morgan fingerprint density at radius 1 is 1.19 bits per heavy atom. The summed E-state index contributed by atoms with van der Waals surface area (Å²) in [7, 11) is 1.61. The van der Waals surface area contributed by atoms with Crippen LogP contribution in [0.5, 0.6) is 5.75 Å². The number of hydrazine groups is 2. The molecule has 0 radical (unpaired) electrons. The van der Waals surface area contributed by atoms with E-state index in [-0.39, 0.29) is 11.0 Å². The van der Waals surface area contributed by atoms with Crippen LogP contribution in [0, 0.1) is 0 Å². The average molecular weight is 366 g/mol. The van der Waals surface area contributed by atoms with E-state index in [9.17, 15) is 4.79 Å². The molecule has 132 valence electrons. The summed E-state index contributed by atoms with van der Waals surface area (Å²) < 4.78 is 5.20. The first-order valence-corrected chi connectivity index (χ1v) is 8.28. The summed E-state index contributed by atoms with van der Waals surface area (Å²) in [6.07, 6.45) is 3.59. The zero-order valence-corrected chi connectivity index (χ0v) is 14.9. The van der Waals surface area contributed by atoms with E-state index in [1.807, 2.05) is 60.7 Å². The van der Waals surface area contributed by atoms with Crippen LogP contribution in [0.25, 0.3) is 11.8 Å². The smallest absolute Gasteiger partial charge is 0.270 e. The lowest BCUT2D eigenvalue weighted by molar-refractivity contribution is -0.119. The molecular formula is C19H18N4O2S. The number of carbonyl (C=O) groups excluding carboxylic acids is 1. The van der Waals surface area contributed by atoms with Crippen LogP contribution in [0.1, 0.15) is 11.1 Å². The lowest BCUT2D eigenvalue weighted by Crippen LogP contribution is -2.53. The van der Waals surface area contributed by atoms with Gasteiger partial charge in [-0.05, 0) is 54.2 Å². The van der Waals surface area contributed by atoms with Crippen molar-refractivity contribution in [3.63, 3.8) is 0 Å². The summed E-state index contributed by atoms with van der Waals surface area (Å²) in [5, 5.41) is 1.63. The number of nitrogens with zero attached hydrogens (tertiary/aromatic N) is 1. The van der Waals surface area contributed by atoms with Gasteiger partial charge in [0.15, 0.2) is 0 Å². The van der Waals surface area contributed by atoms with Gasteiger partial charge in [0.1, 0.15) is 5.75 Å². The van der Waals surface area contributed by atoms with Gasteiger partial charge in [-0.1, -0.05) is 30.3 Å². The van der Waals surface area contributed by atoms with E-state index in [2.05, 4.69) is 10.9 Å². The third-order valence-corrected chi connectivity index (χ3v) is 4.14. The van der Waals surface area contributed by atoms with Gasteiger partial charge >= 0.3 is 0 Å². The summed E-state index contributed by atoms with van der Waals surface area (Å²) in [6, 6.07) is 17.1. The molecule has 0 saturated heterocycles. The minimum Gasteiger partial charge on any atom is -0.497 e. The maximum absolute atomic E-state index is 12.5. The highest BCUT2D eigenvalue weighted by atomic mass is 32.1. The topological polar surface area (TPSA) is 79.6 Å². The molecule has 0 atom stereocenters. The zero-order chi connectivity index (χ0) is 18.5. The molecule has 2 aromatic rings. The first-order chi connectivity index (χ1) is 12.6. The molecule has 0 spiro atoms. The molecule has 4 N–H and O–H groups in total. The highest BCUT2D eigenvalue weighted by Crippen LogP contribution is 2.26. The fraction of sp³-hybridized carbons (Fsp3) is 0.0526. The van der Waals surface area contributed by atoms with Crippen molar-refractivity contribution in [2.24, 2.45) is 5.84 Å². The monoisotopic (exact) mass is 366 g/mol. The second-order valence-electron chi connectivity index (χ2n) is 5.49. The molecule has 3 rings (SSSR count). The van der Waals surface area contributed by atoms with E-state index >= 15 is 0 Å². The predicted octanol–water partition coefficient (Wildman–Crippen LogP) is 2.21. The van der Waals surface area contributed by atoms with Gasteiger partial charge in [-0.2, -0.15) is 0 Å². The summed E-state index contributed by atoms with van der Waals surface area (Å²) in [6.45, 7) is 0. The van der Waals surface area contributed by atoms with Gasteiger partial charge in [0.05, 0.1) is 12.8 Å². The van der Waals surface area contributed by atoms with E-state index in [0.29, 0.717) is 11.3 Å². The Balaban J connectivity index is 2.06. The minimum absolute atomic E-state index is 0.180. The van der Waals surface area contributed by atoms with Gasteiger partial charge in [-0.25, -0.2) is 10.9 Å². The van der Waals surface area contributed by atoms with Crippen LogP contribution < -0.4 is 21.4 Å². The second kappa shape index (κ2) is 7.81. The molecular weight excluding hydrogens is 348 g/mol. The third kappa shape index (κ3) is 3.74. The van der Waals surface area contributed by atoms with Gasteiger partial charge in [0.2, 0.25) is 5.11 Å². The van der Waals surface area contributed by atoms with Crippen LogP contribution in [0.3, 0.4) is 0 Å². The van der Waals surface area contributed by atoms with E-state index in [0.717, 1.165) is 16.9 Å². The van der Waals surface area contributed by atoms with Gasteiger partial charge in [0, 0.05) is 11.1 Å². The molecule has 7 heteroatoms. The van der Waals surface area contributed by atoms with Crippen molar-refractivity contribution in [2.75, 3.05) is 7.11 Å². The van der Waals surface area contributed by atoms with Gasteiger partial charge in [-0.15, -0.1) is 0 Å². The van der Waals surface area contributed by atoms with E-state index < -0.39 is 0 Å². The molecule has 0 fully saturated rings. The molecule has 0 aromatic heterocycles. The van der Waals surface area contributed by atoms with Crippen molar-refractivity contribution in [1.82, 2.24) is 15.9 Å². The maximum atomic E-state index is 12.5. The molecule has 1 amide bonds. The lowest BCUT2D eigenvalue weighted by Gasteiger charge is -2.31.